The minimum atomic E-state index is -0.418. The molecule has 0 aliphatic heterocycles. The zero-order valence-electron chi connectivity index (χ0n) is 11.3. The van der Waals surface area contributed by atoms with Crippen molar-refractivity contribution in [2.75, 3.05) is 17.7 Å². The molecular formula is C16H13FN2OS. The first-order valence-corrected chi connectivity index (χ1v) is 7.19. The van der Waals surface area contributed by atoms with Crippen molar-refractivity contribution in [3.05, 3.63) is 59.2 Å². The second kappa shape index (κ2) is 5.18. The normalized spacial score (nSPS) is 10.8. The monoisotopic (exact) mass is 300 g/mol. The molecule has 21 heavy (non-hydrogen) atoms. The quantitative estimate of drug-likeness (QED) is 0.730. The molecule has 0 saturated carbocycles. The Labute approximate surface area is 125 Å². The van der Waals surface area contributed by atoms with Crippen LogP contribution in [-0.4, -0.2) is 13.0 Å². The van der Waals surface area contributed by atoms with E-state index < -0.39 is 5.82 Å². The summed E-state index contributed by atoms with van der Waals surface area (Å²) in [6.07, 6.45) is 0. The van der Waals surface area contributed by atoms with Crippen molar-refractivity contribution in [3.63, 3.8) is 0 Å². The Morgan fingerprint density at radius 1 is 1.19 bits per heavy atom. The van der Waals surface area contributed by atoms with Crippen LogP contribution in [0.5, 0.6) is 0 Å². The summed E-state index contributed by atoms with van der Waals surface area (Å²) < 4.78 is 14.7. The molecule has 0 atom stereocenters. The summed E-state index contributed by atoms with van der Waals surface area (Å²) in [7, 11) is 1.57. The molecule has 0 bridgehead atoms. The minimum absolute atomic E-state index is 0.236. The van der Waals surface area contributed by atoms with Crippen LogP contribution in [0.25, 0.3) is 10.1 Å². The third-order valence-corrected chi connectivity index (χ3v) is 4.37. The zero-order valence-corrected chi connectivity index (χ0v) is 12.2. The topological polar surface area (TPSA) is 46.3 Å². The van der Waals surface area contributed by atoms with Crippen LogP contribution in [0.3, 0.4) is 0 Å². The Bertz CT molecular complexity index is 828. The van der Waals surface area contributed by atoms with E-state index in [1.807, 2.05) is 12.1 Å². The Kier molecular flexibility index (Phi) is 3.35. The van der Waals surface area contributed by atoms with E-state index >= 15 is 0 Å². The summed E-state index contributed by atoms with van der Waals surface area (Å²) in [6.45, 7) is 0. The van der Waals surface area contributed by atoms with Gasteiger partial charge in [0.25, 0.3) is 5.91 Å². The van der Waals surface area contributed by atoms with Crippen LogP contribution in [0.1, 0.15) is 9.67 Å². The van der Waals surface area contributed by atoms with Crippen LogP contribution in [-0.2, 0) is 0 Å². The highest BCUT2D eigenvalue weighted by atomic mass is 32.1. The first kappa shape index (κ1) is 13.6. The summed E-state index contributed by atoms with van der Waals surface area (Å²) in [4.78, 5) is 14.4. The average Bonchev–Trinajstić information content (AvgIpc) is 2.89. The van der Waals surface area contributed by atoms with E-state index in [0.717, 1.165) is 10.1 Å². The van der Waals surface area contributed by atoms with E-state index in [2.05, 4.69) is 0 Å². The standard InChI is InChI=1S/C16H13FN2OS/c1-19(13-5-3-2-4-12(13)17)16(20)15-9-10-8-11(18)6-7-14(10)21-15/h2-9H,18H2,1H3. The average molecular weight is 300 g/mol. The Morgan fingerprint density at radius 3 is 2.71 bits per heavy atom. The lowest BCUT2D eigenvalue weighted by Crippen LogP contribution is -2.26. The predicted molar refractivity (Wildman–Crippen MR) is 85.4 cm³/mol. The number of amides is 1. The lowest BCUT2D eigenvalue weighted by atomic mass is 10.2. The molecule has 0 unspecified atom stereocenters. The third-order valence-electron chi connectivity index (χ3n) is 3.27. The Morgan fingerprint density at radius 2 is 1.95 bits per heavy atom. The van der Waals surface area contributed by atoms with E-state index in [4.69, 9.17) is 5.73 Å². The van der Waals surface area contributed by atoms with Gasteiger partial charge in [-0.25, -0.2) is 4.39 Å². The van der Waals surface area contributed by atoms with Gasteiger partial charge in [-0.3, -0.25) is 4.79 Å². The van der Waals surface area contributed by atoms with Crippen molar-refractivity contribution < 1.29 is 9.18 Å². The highest BCUT2D eigenvalue weighted by Crippen LogP contribution is 2.29. The fourth-order valence-electron chi connectivity index (χ4n) is 2.17. The number of nitrogen functional groups attached to an aromatic ring is 1. The van der Waals surface area contributed by atoms with Crippen LogP contribution < -0.4 is 10.6 Å². The van der Waals surface area contributed by atoms with Gasteiger partial charge < -0.3 is 10.6 Å². The van der Waals surface area contributed by atoms with Crippen molar-refractivity contribution in [2.24, 2.45) is 0 Å². The van der Waals surface area contributed by atoms with Crippen molar-refractivity contribution >= 4 is 38.7 Å². The highest BCUT2D eigenvalue weighted by molar-refractivity contribution is 7.20. The first-order chi connectivity index (χ1) is 10.1. The smallest absolute Gasteiger partial charge is 0.268 e. The number of nitrogens with two attached hydrogens (primary N) is 1. The molecule has 0 aliphatic carbocycles. The van der Waals surface area contributed by atoms with Crippen LogP contribution >= 0.6 is 11.3 Å². The van der Waals surface area contributed by atoms with Crippen LogP contribution in [0.2, 0.25) is 0 Å². The van der Waals surface area contributed by atoms with Gasteiger partial charge in [-0.15, -0.1) is 11.3 Å². The summed E-state index contributed by atoms with van der Waals surface area (Å²) in [6, 6.07) is 13.5. The van der Waals surface area contributed by atoms with Gasteiger partial charge in [0.15, 0.2) is 0 Å². The number of halogens is 1. The van der Waals surface area contributed by atoms with Crippen molar-refractivity contribution in [2.45, 2.75) is 0 Å². The first-order valence-electron chi connectivity index (χ1n) is 6.38. The maximum atomic E-state index is 13.8. The number of benzene rings is 2. The van der Waals surface area contributed by atoms with Crippen molar-refractivity contribution in [3.8, 4) is 0 Å². The lowest BCUT2D eigenvalue weighted by molar-refractivity contribution is 0.0996. The van der Waals surface area contributed by atoms with Gasteiger partial charge in [0.2, 0.25) is 0 Å². The molecule has 1 heterocycles. The zero-order chi connectivity index (χ0) is 15.0. The summed E-state index contributed by atoms with van der Waals surface area (Å²) in [5.41, 5.74) is 6.66. The summed E-state index contributed by atoms with van der Waals surface area (Å²) in [5, 5.41) is 0.922. The van der Waals surface area contributed by atoms with Gasteiger partial charge >= 0.3 is 0 Å². The SMILES string of the molecule is CN(C(=O)c1cc2cc(N)ccc2s1)c1ccccc1F. The fourth-order valence-corrected chi connectivity index (χ4v) is 3.18. The van der Waals surface area contributed by atoms with E-state index in [-0.39, 0.29) is 11.6 Å². The largest absolute Gasteiger partial charge is 0.399 e. The fraction of sp³-hybridized carbons (Fsp3) is 0.0625. The van der Waals surface area contributed by atoms with Gasteiger partial charge in [-0.05, 0) is 41.8 Å². The Hall–Kier alpha value is -2.40. The number of fused-ring (bicyclic) bond motifs is 1. The molecule has 0 saturated heterocycles. The maximum absolute atomic E-state index is 13.8. The molecule has 3 nitrogen and oxygen atoms in total. The molecule has 3 aromatic rings. The van der Waals surface area contributed by atoms with E-state index in [9.17, 15) is 9.18 Å². The van der Waals surface area contributed by atoms with Gasteiger partial charge in [-0.1, -0.05) is 12.1 Å². The van der Waals surface area contributed by atoms with Gasteiger partial charge in [0.1, 0.15) is 5.82 Å². The molecule has 0 radical (unpaired) electrons. The molecular weight excluding hydrogens is 287 g/mol. The number of hydrogen-bond acceptors (Lipinski definition) is 3. The number of para-hydroxylation sites is 1. The van der Waals surface area contributed by atoms with Gasteiger partial charge in [0, 0.05) is 17.4 Å². The van der Waals surface area contributed by atoms with E-state index in [1.54, 1.807) is 37.4 Å². The molecule has 2 N–H and O–H groups in total. The third kappa shape index (κ3) is 2.48. The van der Waals surface area contributed by atoms with Crippen LogP contribution in [0, 0.1) is 5.82 Å². The van der Waals surface area contributed by atoms with Crippen LogP contribution in [0.15, 0.2) is 48.5 Å². The minimum Gasteiger partial charge on any atom is -0.399 e. The lowest BCUT2D eigenvalue weighted by Gasteiger charge is -2.16. The summed E-state index contributed by atoms with van der Waals surface area (Å²) >= 11 is 1.37. The van der Waals surface area contributed by atoms with Crippen LogP contribution in [0.4, 0.5) is 15.8 Å². The second-order valence-corrected chi connectivity index (χ2v) is 5.81. The molecule has 1 amide bonds. The molecule has 3 rings (SSSR count). The summed E-state index contributed by atoms with van der Waals surface area (Å²) in [5.74, 6) is -0.654. The number of carbonyl (C=O) groups is 1. The number of anilines is 2. The number of nitrogens with zero attached hydrogens (tertiary/aromatic N) is 1. The molecule has 0 fully saturated rings. The van der Waals surface area contributed by atoms with Gasteiger partial charge in [0.05, 0.1) is 10.6 Å². The molecule has 1 aromatic heterocycles. The van der Waals surface area contributed by atoms with Crippen molar-refractivity contribution in [1.82, 2.24) is 0 Å². The van der Waals surface area contributed by atoms with E-state index in [1.165, 1.54) is 22.3 Å². The molecule has 2 aromatic carbocycles. The number of rotatable bonds is 2. The molecule has 0 spiro atoms. The number of carbonyl (C=O) groups excluding carboxylic acids is 1. The Balaban J connectivity index is 1.98. The molecule has 106 valence electrons. The molecule has 0 aliphatic rings. The highest BCUT2D eigenvalue weighted by Gasteiger charge is 2.18. The maximum Gasteiger partial charge on any atom is 0.268 e. The van der Waals surface area contributed by atoms with Gasteiger partial charge in [-0.2, -0.15) is 0 Å². The second-order valence-electron chi connectivity index (χ2n) is 4.72. The van der Waals surface area contributed by atoms with Crippen molar-refractivity contribution in [1.29, 1.82) is 0 Å². The molecule has 5 heteroatoms. The van der Waals surface area contributed by atoms with E-state index in [0.29, 0.717) is 10.6 Å². The number of thiophene rings is 1. The predicted octanol–water partition coefficient (Wildman–Crippen LogP) is 3.90. The number of hydrogen-bond donors (Lipinski definition) is 1.